The molecule has 0 spiro atoms. The van der Waals surface area contributed by atoms with E-state index in [-0.39, 0.29) is 30.5 Å². The molecule has 2 aliphatic rings. The predicted octanol–water partition coefficient (Wildman–Crippen LogP) is 6.23. The van der Waals surface area contributed by atoms with Gasteiger partial charge in [-0.2, -0.15) is 0 Å². The third-order valence-corrected chi connectivity index (χ3v) is 11.0. The molecule has 6 atom stereocenters. The van der Waals surface area contributed by atoms with E-state index in [2.05, 4.69) is 42.7 Å². The summed E-state index contributed by atoms with van der Waals surface area (Å²) in [7, 11) is 0. The molecule has 0 amide bonds. The van der Waals surface area contributed by atoms with Gasteiger partial charge >= 0.3 is 17.1 Å². The van der Waals surface area contributed by atoms with Crippen molar-refractivity contribution in [1.29, 1.82) is 0 Å². The SMILES string of the molecule is CCCC(CC(C)(CCC)CN=C=O)n1c(=O)n(C2CC(C)(C)CC(C)(CN=C=O)C2)c(=O)n(C2CC(C)(C)CC(C)(CN=C=O)C2)c1=O. The van der Waals surface area contributed by atoms with Crippen LogP contribution in [0.3, 0.4) is 0 Å². The quantitative estimate of drug-likeness (QED) is 0.158. The molecule has 49 heavy (non-hydrogen) atoms. The minimum Gasteiger partial charge on any atom is -0.247 e. The van der Waals surface area contributed by atoms with Gasteiger partial charge in [-0.25, -0.2) is 57.4 Å². The van der Waals surface area contributed by atoms with Gasteiger partial charge in [0.15, 0.2) is 0 Å². The number of aromatic nitrogens is 3. The van der Waals surface area contributed by atoms with E-state index in [1.807, 2.05) is 34.6 Å². The molecule has 0 bridgehead atoms. The summed E-state index contributed by atoms with van der Waals surface area (Å²) in [5, 5.41) is 0. The molecule has 1 aromatic heterocycles. The van der Waals surface area contributed by atoms with Crippen LogP contribution < -0.4 is 17.1 Å². The molecular weight excluding hydrogens is 624 g/mol. The van der Waals surface area contributed by atoms with Gasteiger partial charge in [-0.1, -0.05) is 75.2 Å². The van der Waals surface area contributed by atoms with E-state index >= 15 is 0 Å². The fourth-order valence-corrected chi connectivity index (χ4v) is 10.0. The summed E-state index contributed by atoms with van der Waals surface area (Å²) in [6.45, 7) is 19.1. The number of rotatable bonds is 15. The smallest absolute Gasteiger partial charge is 0.247 e. The number of carbonyl (C=O) groups excluding carboxylic acids is 3. The van der Waals surface area contributed by atoms with Crippen molar-refractivity contribution in [1.82, 2.24) is 13.7 Å². The highest BCUT2D eigenvalue weighted by molar-refractivity contribution is 5.33. The molecule has 1 aromatic rings. The van der Waals surface area contributed by atoms with Gasteiger partial charge in [-0.05, 0) is 84.9 Å². The van der Waals surface area contributed by atoms with E-state index in [1.54, 1.807) is 18.2 Å². The molecule has 2 fully saturated rings. The van der Waals surface area contributed by atoms with Crippen molar-refractivity contribution in [3.63, 3.8) is 0 Å². The zero-order chi connectivity index (χ0) is 36.8. The van der Waals surface area contributed by atoms with Gasteiger partial charge in [-0.3, -0.25) is 0 Å². The average molecular weight is 683 g/mol. The summed E-state index contributed by atoms with van der Waals surface area (Å²) < 4.78 is 3.95. The Morgan fingerprint density at radius 2 is 1.16 bits per heavy atom. The first-order chi connectivity index (χ1) is 22.8. The van der Waals surface area contributed by atoms with Gasteiger partial charge in [0.25, 0.3) is 0 Å². The molecule has 12 nitrogen and oxygen atoms in total. The molecule has 0 N–H and O–H groups in total. The Labute approximate surface area is 290 Å². The zero-order valence-corrected chi connectivity index (χ0v) is 31.3. The van der Waals surface area contributed by atoms with Gasteiger partial charge in [-0.15, -0.1) is 0 Å². The van der Waals surface area contributed by atoms with Crippen LogP contribution in [0.15, 0.2) is 29.4 Å². The van der Waals surface area contributed by atoms with E-state index in [9.17, 15) is 28.8 Å². The Hall–Kier alpha value is -3.45. The first-order valence-corrected chi connectivity index (χ1v) is 17.9. The Bertz CT molecular complexity index is 1580. The maximum atomic E-state index is 14.8. The third kappa shape index (κ3) is 9.62. The molecule has 272 valence electrons. The molecule has 0 aliphatic heterocycles. The molecule has 2 aliphatic carbocycles. The summed E-state index contributed by atoms with van der Waals surface area (Å²) in [5.74, 6) is 0. The minimum atomic E-state index is -0.630. The fraction of sp³-hybridized carbons (Fsp3) is 0.838. The minimum absolute atomic E-state index is 0.214. The van der Waals surface area contributed by atoms with E-state index in [4.69, 9.17) is 0 Å². The lowest BCUT2D eigenvalue weighted by Crippen LogP contribution is -2.59. The Balaban J connectivity index is 2.40. The van der Waals surface area contributed by atoms with Crippen molar-refractivity contribution in [2.24, 2.45) is 42.1 Å². The number of aliphatic imine (C=N–C) groups is 3. The number of nitrogens with zero attached hydrogens (tertiary/aromatic N) is 6. The normalized spacial score (nSPS) is 27.9. The van der Waals surface area contributed by atoms with Crippen LogP contribution in [0.1, 0.15) is 151 Å². The van der Waals surface area contributed by atoms with Crippen LogP contribution in [-0.4, -0.2) is 51.6 Å². The van der Waals surface area contributed by atoms with Crippen LogP contribution in [0.2, 0.25) is 0 Å². The molecule has 2 saturated carbocycles. The fourth-order valence-electron chi connectivity index (χ4n) is 10.0. The Morgan fingerprint density at radius 3 is 1.55 bits per heavy atom. The summed E-state index contributed by atoms with van der Waals surface area (Å²) in [5.41, 5.74) is -3.91. The number of hydrogen-bond donors (Lipinski definition) is 0. The van der Waals surface area contributed by atoms with Crippen molar-refractivity contribution in [2.75, 3.05) is 19.6 Å². The molecule has 0 radical (unpaired) electrons. The molecule has 12 heteroatoms. The lowest BCUT2D eigenvalue weighted by molar-refractivity contribution is 0.0480. The first-order valence-electron chi connectivity index (χ1n) is 17.9. The van der Waals surface area contributed by atoms with E-state index in [1.165, 1.54) is 13.7 Å². The van der Waals surface area contributed by atoms with Crippen molar-refractivity contribution in [3.05, 3.63) is 31.5 Å². The van der Waals surface area contributed by atoms with Crippen LogP contribution in [-0.2, 0) is 14.4 Å². The second kappa shape index (κ2) is 15.6. The van der Waals surface area contributed by atoms with Crippen molar-refractivity contribution >= 4 is 18.2 Å². The van der Waals surface area contributed by atoms with Gasteiger partial charge in [0.2, 0.25) is 18.2 Å². The van der Waals surface area contributed by atoms with Crippen LogP contribution in [0, 0.1) is 27.1 Å². The highest BCUT2D eigenvalue weighted by Gasteiger charge is 2.46. The molecule has 0 aromatic carbocycles. The number of isocyanates is 3. The monoisotopic (exact) mass is 682 g/mol. The van der Waals surface area contributed by atoms with E-state index in [0.717, 1.165) is 25.7 Å². The molecular formula is C37H58N6O6. The van der Waals surface area contributed by atoms with Crippen molar-refractivity contribution in [3.8, 4) is 0 Å². The first kappa shape index (κ1) is 40.0. The summed E-state index contributed by atoms with van der Waals surface area (Å²) in [4.78, 5) is 89.7. The summed E-state index contributed by atoms with van der Waals surface area (Å²) >= 11 is 0. The van der Waals surface area contributed by atoms with Crippen LogP contribution in [0.4, 0.5) is 0 Å². The Morgan fingerprint density at radius 1 is 0.714 bits per heavy atom. The van der Waals surface area contributed by atoms with Gasteiger partial charge < -0.3 is 0 Å². The number of hydrogen-bond acceptors (Lipinski definition) is 9. The summed E-state index contributed by atoms with van der Waals surface area (Å²) in [6.07, 6.45) is 11.5. The molecule has 6 unspecified atom stereocenters. The average Bonchev–Trinajstić information content (AvgIpc) is 2.96. The van der Waals surface area contributed by atoms with Crippen LogP contribution >= 0.6 is 0 Å². The predicted molar refractivity (Wildman–Crippen MR) is 189 cm³/mol. The second-order valence-electron chi connectivity index (χ2n) is 17.8. The maximum absolute atomic E-state index is 14.8. The molecule has 0 saturated heterocycles. The maximum Gasteiger partial charge on any atom is 0.336 e. The third-order valence-electron chi connectivity index (χ3n) is 11.0. The van der Waals surface area contributed by atoms with Gasteiger partial charge in [0, 0.05) is 18.1 Å². The second-order valence-corrected chi connectivity index (χ2v) is 17.8. The highest BCUT2D eigenvalue weighted by Crippen LogP contribution is 2.51. The molecule has 3 rings (SSSR count). The summed E-state index contributed by atoms with van der Waals surface area (Å²) in [6, 6.07) is -1.63. The van der Waals surface area contributed by atoms with E-state index < -0.39 is 51.4 Å². The Kier molecular flexibility index (Phi) is 12.7. The standard InChI is InChI=1S/C37H58N6O6/c1-10-12-27(16-35(7,13-11-2)21-38-24-44)41-30(47)42(28-14-33(3,4)19-36(8,17-28)22-39-25-45)32(49)43(31(41)48)29-15-34(5,6)20-37(9,18-29)23-40-26-46/h27-29H,10-23H2,1-9H3. The zero-order valence-electron chi connectivity index (χ0n) is 31.3. The van der Waals surface area contributed by atoms with Gasteiger partial charge in [0.05, 0.1) is 19.6 Å². The lowest BCUT2D eigenvalue weighted by atomic mass is 9.62. The highest BCUT2D eigenvalue weighted by atomic mass is 16.2. The molecule has 1 heterocycles. The van der Waals surface area contributed by atoms with E-state index in [0.29, 0.717) is 44.9 Å². The van der Waals surface area contributed by atoms with Crippen molar-refractivity contribution in [2.45, 2.75) is 151 Å². The van der Waals surface area contributed by atoms with Gasteiger partial charge in [0.1, 0.15) is 0 Å². The van der Waals surface area contributed by atoms with Crippen LogP contribution in [0.25, 0.3) is 0 Å². The lowest BCUT2D eigenvalue weighted by Gasteiger charge is -2.47. The van der Waals surface area contributed by atoms with Crippen molar-refractivity contribution < 1.29 is 14.4 Å². The van der Waals surface area contributed by atoms with Crippen LogP contribution in [0.5, 0.6) is 0 Å². The topological polar surface area (TPSA) is 154 Å². The largest absolute Gasteiger partial charge is 0.336 e.